The van der Waals surface area contributed by atoms with Crippen LogP contribution in [0.4, 0.5) is 10.1 Å². The van der Waals surface area contributed by atoms with Gasteiger partial charge in [0.1, 0.15) is 17.7 Å². The van der Waals surface area contributed by atoms with Gasteiger partial charge in [0, 0.05) is 54.3 Å². The first kappa shape index (κ1) is 19.5. The van der Waals surface area contributed by atoms with Crippen LogP contribution in [0.3, 0.4) is 0 Å². The molecule has 3 heterocycles. The van der Waals surface area contributed by atoms with Gasteiger partial charge in [-0.15, -0.1) is 0 Å². The number of nitrogens with zero attached hydrogens (tertiary/aromatic N) is 2. The van der Waals surface area contributed by atoms with Crippen molar-refractivity contribution in [3.8, 4) is 16.9 Å². The van der Waals surface area contributed by atoms with E-state index in [2.05, 4.69) is 15.2 Å². The number of benzene rings is 2. The first-order valence-electron chi connectivity index (χ1n) is 10.7. The number of halogens is 1. The predicted octanol–water partition coefficient (Wildman–Crippen LogP) is 4.22. The Morgan fingerprint density at radius 2 is 1.81 bits per heavy atom. The molecule has 5 rings (SSSR count). The second kappa shape index (κ2) is 8.38. The molecule has 2 aliphatic heterocycles. The molecule has 1 aromatic heterocycles. The molecule has 1 amide bonds. The zero-order valence-electron chi connectivity index (χ0n) is 17.2. The molecular formula is C25H24FN3O2. The van der Waals surface area contributed by atoms with Crippen LogP contribution < -0.4 is 15.0 Å². The number of hydrogen-bond donors (Lipinski definition) is 1. The Kier molecular flexibility index (Phi) is 5.28. The van der Waals surface area contributed by atoms with Crippen molar-refractivity contribution >= 4 is 11.6 Å². The summed E-state index contributed by atoms with van der Waals surface area (Å²) in [6, 6.07) is 14.7. The average molecular weight is 417 g/mol. The highest BCUT2D eigenvalue weighted by atomic mass is 19.1. The lowest BCUT2D eigenvalue weighted by Gasteiger charge is -2.18. The van der Waals surface area contributed by atoms with E-state index < -0.39 is 0 Å². The maximum atomic E-state index is 14.4. The number of anilines is 1. The monoisotopic (exact) mass is 417 g/mol. The lowest BCUT2D eigenvalue weighted by Crippen LogP contribution is -2.34. The number of pyridine rings is 1. The van der Waals surface area contributed by atoms with Gasteiger partial charge in [0.15, 0.2) is 0 Å². The molecule has 0 radical (unpaired) electrons. The smallest absolute Gasteiger partial charge is 0.251 e. The van der Waals surface area contributed by atoms with Gasteiger partial charge in [-0.3, -0.25) is 9.78 Å². The van der Waals surface area contributed by atoms with Crippen molar-refractivity contribution in [1.29, 1.82) is 0 Å². The second-order valence-electron chi connectivity index (χ2n) is 8.03. The lowest BCUT2D eigenvalue weighted by molar-refractivity contribution is 0.0933. The average Bonchev–Trinajstić information content (AvgIpc) is 3.49. The minimum atomic E-state index is -0.305. The fraction of sp³-hybridized carbons (Fsp3) is 0.280. The summed E-state index contributed by atoms with van der Waals surface area (Å²) in [6.07, 6.45) is 5.96. The molecule has 0 spiro atoms. The Balaban J connectivity index is 1.24. The molecule has 31 heavy (non-hydrogen) atoms. The van der Waals surface area contributed by atoms with Gasteiger partial charge in [-0.25, -0.2) is 4.39 Å². The van der Waals surface area contributed by atoms with Crippen molar-refractivity contribution in [3.63, 3.8) is 0 Å². The first-order chi connectivity index (χ1) is 15.2. The second-order valence-corrected chi connectivity index (χ2v) is 8.03. The van der Waals surface area contributed by atoms with E-state index in [1.165, 1.54) is 18.9 Å². The van der Waals surface area contributed by atoms with Crippen molar-refractivity contribution < 1.29 is 13.9 Å². The minimum absolute atomic E-state index is 0.151. The largest absolute Gasteiger partial charge is 0.487 e. The van der Waals surface area contributed by atoms with Crippen LogP contribution in [0.15, 0.2) is 60.9 Å². The van der Waals surface area contributed by atoms with Crippen molar-refractivity contribution in [3.05, 3.63) is 77.9 Å². The van der Waals surface area contributed by atoms with Crippen LogP contribution in [0.25, 0.3) is 11.1 Å². The molecule has 0 bridgehead atoms. The van der Waals surface area contributed by atoms with E-state index in [1.54, 1.807) is 18.5 Å². The first-order valence-corrected chi connectivity index (χ1v) is 10.7. The van der Waals surface area contributed by atoms with E-state index in [4.69, 9.17) is 4.74 Å². The molecule has 6 heteroatoms. The van der Waals surface area contributed by atoms with Gasteiger partial charge in [0.25, 0.3) is 5.91 Å². The van der Waals surface area contributed by atoms with E-state index in [0.717, 1.165) is 29.9 Å². The van der Waals surface area contributed by atoms with Crippen LogP contribution in [-0.2, 0) is 6.42 Å². The van der Waals surface area contributed by atoms with Crippen LogP contribution in [0.2, 0.25) is 0 Å². The Bertz CT molecular complexity index is 1080. The molecule has 0 aliphatic carbocycles. The number of carbonyl (C=O) groups is 1. The van der Waals surface area contributed by atoms with Gasteiger partial charge < -0.3 is 15.0 Å². The molecule has 1 saturated heterocycles. The highest BCUT2D eigenvalue weighted by molar-refractivity contribution is 5.94. The third-order valence-corrected chi connectivity index (χ3v) is 6.00. The molecule has 1 fully saturated rings. The Hall–Kier alpha value is -3.41. The summed E-state index contributed by atoms with van der Waals surface area (Å²) in [5.74, 6) is 0.127. The number of ether oxygens (including phenoxy) is 1. The van der Waals surface area contributed by atoms with E-state index in [1.807, 2.05) is 36.4 Å². The van der Waals surface area contributed by atoms with E-state index in [-0.39, 0.29) is 17.8 Å². The Morgan fingerprint density at radius 3 is 2.55 bits per heavy atom. The zero-order valence-corrected chi connectivity index (χ0v) is 17.2. The number of carbonyl (C=O) groups excluding carboxylic acids is 1. The fourth-order valence-corrected chi connectivity index (χ4v) is 4.34. The summed E-state index contributed by atoms with van der Waals surface area (Å²) in [6.45, 7) is 2.46. The van der Waals surface area contributed by atoms with Crippen LogP contribution >= 0.6 is 0 Å². The summed E-state index contributed by atoms with van der Waals surface area (Å²) in [7, 11) is 0. The standard InChI is InChI=1S/C25H24FN3O2/c26-23-8-7-21(17-9-11-27-12-10-17)24-22(23)15-20(31-24)16-28-25(30)18-3-5-19(6-4-18)29-13-1-2-14-29/h3-12,20H,1-2,13-16H2,(H,28,30)/t20-/m1/s1. The van der Waals surface area contributed by atoms with Crippen molar-refractivity contribution in [2.75, 3.05) is 24.5 Å². The SMILES string of the molecule is O=C(NC[C@H]1Cc2c(F)ccc(-c3ccncc3)c2O1)c1ccc(N2CCCC2)cc1. The number of nitrogens with one attached hydrogen (secondary N) is 1. The summed E-state index contributed by atoms with van der Waals surface area (Å²) < 4.78 is 20.5. The zero-order chi connectivity index (χ0) is 21.2. The summed E-state index contributed by atoms with van der Waals surface area (Å²) in [5.41, 5.74) is 4.09. The van der Waals surface area contributed by atoms with Gasteiger partial charge in [-0.1, -0.05) is 0 Å². The van der Waals surface area contributed by atoms with E-state index in [0.29, 0.717) is 29.8 Å². The van der Waals surface area contributed by atoms with Crippen LogP contribution in [-0.4, -0.2) is 36.6 Å². The third-order valence-electron chi connectivity index (χ3n) is 6.00. The fourth-order valence-electron chi connectivity index (χ4n) is 4.34. The summed E-state index contributed by atoms with van der Waals surface area (Å²) >= 11 is 0. The molecule has 0 unspecified atom stereocenters. The quantitative estimate of drug-likeness (QED) is 0.675. The van der Waals surface area contributed by atoms with Crippen LogP contribution in [0, 0.1) is 5.82 Å². The molecule has 158 valence electrons. The highest BCUT2D eigenvalue weighted by Gasteiger charge is 2.29. The van der Waals surface area contributed by atoms with Crippen LogP contribution in [0.1, 0.15) is 28.8 Å². The topological polar surface area (TPSA) is 54.5 Å². The molecule has 3 aromatic rings. The lowest BCUT2D eigenvalue weighted by atomic mass is 10.0. The predicted molar refractivity (Wildman–Crippen MR) is 118 cm³/mol. The molecule has 2 aliphatic rings. The molecule has 5 nitrogen and oxygen atoms in total. The highest BCUT2D eigenvalue weighted by Crippen LogP contribution is 2.40. The minimum Gasteiger partial charge on any atom is -0.487 e. The maximum absolute atomic E-state index is 14.4. The van der Waals surface area contributed by atoms with Gasteiger partial charge in [0.2, 0.25) is 0 Å². The number of fused-ring (bicyclic) bond motifs is 1. The molecule has 0 saturated carbocycles. The Labute approximate surface area is 180 Å². The van der Waals surface area contributed by atoms with Gasteiger partial charge in [-0.2, -0.15) is 0 Å². The number of hydrogen-bond acceptors (Lipinski definition) is 4. The van der Waals surface area contributed by atoms with Crippen molar-refractivity contribution in [2.45, 2.75) is 25.4 Å². The van der Waals surface area contributed by atoms with Crippen molar-refractivity contribution in [2.24, 2.45) is 0 Å². The normalized spacial score (nSPS) is 17.3. The molecule has 1 atom stereocenters. The Morgan fingerprint density at radius 1 is 1.06 bits per heavy atom. The van der Waals surface area contributed by atoms with Crippen LogP contribution in [0.5, 0.6) is 5.75 Å². The third kappa shape index (κ3) is 3.98. The molecule has 1 N–H and O–H groups in total. The van der Waals surface area contributed by atoms with E-state index in [9.17, 15) is 9.18 Å². The van der Waals surface area contributed by atoms with Crippen molar-refractivity contribution in [1.82, 2.24) is 10.3 Å². The summed E-state index contributed by atoms with van der Waals surface area (Å²) in [4.78, 5) is 19.0. The van der Waals surface area contributed by atoms with Gasteiger partial charge in [0.05, 0.1) is 6.54 Å². The van der Waals surface area contributed by atoms with Gasteiger partial charge in [-0.05, 0) is 66.9 Å². The molecule has 2 aromatic carbocycles. The maximum Gasteiger partial charge on any atom is 0.251 e. The number of aromatic nitrogens is 1. The number of amides is 1. The summed E-state index contributed by atoms with van der Waals surface area (Å²) in [5, 5.41) is 2.93. The van der Waals surface area contributed by atoms with Gasteiger partial charge >= 0.3 is 0 Å². The molecular weight excluding hydrogens is 393 g/mol. The number of rotatable bonds is 5. The van der Waals surface area contributed by atoms with E-state index >= 15 is 0 Å².